The van der Waals surface area contributed by atoms with E-state index in [1.165, 1.54) is 0 Å². The Hall–Kier alpha value is -4.22. The largest absolute Gasteiger partial charge is 0.379 e. The molecule has 3 aliphatic heterocycles. The number of benzene rings is 2. The number of carbonyl (C=O) groups is 6. The van der Waals surface area contributed by atoms with Gasteiger partial charge in [0, 0.05) is 50.3 Å². The molecule has 4 amide bonds. The van der Waals surface area contributed by atoms with Gasteiger partial charge in [0.25, 0.3) is 11.8 Å². The molecule has 2 unspecified atom stereocenters. The second-order valence-corrected chi connectivity index (χ2v) is 12.4. The normalized spacial score (nSPS) is 21.2. The van der Waals surface area contributed by atoms with Crippen molar-refractivity contribution in [1.82, 2.24) is 15.1 Å². The molecule has 0 bridgehead atoms. The van der Waals surface area contributed by atoms with Gasteiger partial charge in [-0.25, -0.2) is 0 Å². The highest BCUT2D eigenvalue weighted by Gasteiger charge is 2.41. The molecule has 1 aliphatic carbocycles. The molecule has 11 nitrogen and oxygen atoms in total. The smallest absolute Gasteiger partial charge is 0.255 e. The van der Waals surface area contributed by atoms with E-state index in [2.05, 4.69) is 5.32 Å². The lowest BCUT2D eigenvalue weighted by molar-refractivity contribution is -0.137. The molecular formula is C35H39N3O8. The average Bonchev–Trinajstić information content (AvgIpc) is 3.55. The van der Waals surface area contributed by atoms with Crippen LogP contribution in [-0.4, -0.2) is 83.5 Å². The Morgan fingerprint density at radius 3 is 1.76 bits per heavy atom. The van der Waals surface area contributed by atoms with Crippen molar-refractivity contribution in [2.24, 2.45) is 0 Å². The van der Waals surface area contributed by atoms with E-state index in [-0.39, 0.29) is 42.1 Å². The van der Waals surface area contributed by atoms with Crippen molar-refractivity contribution in [3.05, 3.63) is 69.8 Å². The number of piperidine rings is 1. The van der Waals surface area contributed by atoms with Gasteiger partial charge in [-0.2, -0.15) is 0 Å². The summed E-state index contributed by atoms with van der Waals surface area (Å²) < 4.78 is 11.6. The van der Waals surface area contributed by atoms with Crippen LogP contribution in [0.5, 0.6) is 0 Å². The summed E-state index contributed by atoms with van der Waals surface area (Å²) in [4.78, 5) is 77.2. The van der Waals surface area contributed by atoms with E-state index in [9.17, 15) is 28.8 Å². The van der Waals surface area contributed by atoms with Crippen molar-refractivity contribution in [2.75, 3.05) is 26.4 Å². The number of hydrogen-bond acceptors (Lipinski definition) is 8. The maximum absolute atomic E-state index is 13.0. The Balaban J connectivity index is 0.882. The maximum atomic E-state index is 13.0. The number of Topliss-reactive ketones (excluding diaryl/α,β-unsaturated/α-hetero) is 2. The second-order valence-electron chi connectivity index (χ2n) is 12.4. The molecular weight excluding hydrogens is 590 g/mol. The van der Waals surface area contributed by atoms with Gasteiger partial charge >= 0.3 is 0 Å². The number of ketones is 2. The predicted molar refractivity (Wildman–Crippen MR) is 165 cm³/mol. The van der Waals surface area contributed by atoms with Crippen LogP contribution < -0.4 is 5.32 Å². The number of aryl methyl sites for hydroxylation is 2. The fraction of sp³-hybridized carbons (Fsp3) is 0.486. The summed E-state index contributed by atoms with van der Waals surface area (Å²) in [6.45, 7) is 2.82. The number of ether oxygens (including phenoxy) is 2. The lowest BCUT2D eigenvalue weighted by Crippen LogP contribution is -2.52. The van der Waals surface area contributed by atoms with Crippen LogP contribution in [0.25, 0.3) is 0 Å². The highest BCUT2D eigenvalue weighted by Crippen LogP contribution is 2.32. The van der Waals surface area contributed by atoms with Crippen LogP contribution in [0.4, 0.5) is 0 Å². The molecule has 46 heavy (non-hydrogen) atoms. The molecule has 1 saturated heterocycles. The summed E-state index contributed by atoms with van der Waals surface area (Å²) in [5.41, 5.74) is 5.34. The van der Waals surface area contributed by atoms with Crippen molar-refractivity contribution < 1.29 is 38.2 Å². The first kappa shape index (κ1) is 31.7. The molecule has 0 spiro atoms. The zero-order valence-electron chi connectivity index (χ0n) is 25.9. The quantitative estimate of drug-likeness (QED) is 0.203. The molecule has 1 saturated carbocycles. The van der Waals surface area contributed by atoms with Gasteiger partial charge in [-0.1, -0.05) is 24.3 Å². The van der Waals surface area contributed by atoms with E-state index in [1.54, 1.807) is 15.9 Å². The monoisotopic (exact) mass is 629 g/mol. The number of imide groups is 1. The number of nitrogens with one attached hydrogen (secondary N) is 1. The zero-order valence-corrected chi connectivity index (χ0v) is 25.9. The van der Waals surface area contributed by atoms with E-state index in [1.807, 2.05) is 30.3 Å². The molecule has 2 aromatic carbocycles. The average molecular weight is 630 g/mol. The summed E-state index contributed by atoms with van der Waals surface area (Å²) in [5, 5.41) is 2.34. The number of fused-ring (bicyclic) bond motifs is 2. The first-order chi connectivity index (χ1) is 22.3. The molecule has 3 heterocycles. The van der Waals surface area contributed by atoms with Crippen LogP contribution in [0.15, 0.2) is 36.4 Å². The van der Waals surface area contributed by atoms with Gasteiger partial charge in [-0.15, -0.1) is 0 Å². The first-order valence-corrected chi connectivity index (χ1v) is 16.2. The van der Waals surface area contributed by atoms with Crippen LogP contribution in [-0.2, 0) is 54.6 Å². The fourth-order valence-electron chi connectivity index (χ4n) is 7.03. The molecule has 4 aliphatic rings. The number of carbonyl (C=O) groups excluding carboxylic acids is 6. The van der Waals surface area contributed by atoms with Crippen LogP contribution in [0.1, 0.15) is 87.9 Å². The van der Waals surface area contributed by atoms with Gasteiger partial charge in [0.05, 0.1) is 25.7 Å². The van der Waals surface area contributed by atoms with E-state index in [0.717, 1.165) is 47.9 Å². The summed E-state index contributed by atoms with van der Waals surface area (Å²) in [6.07, 6.45) is 4.31. The third kappa shape index (κ3) is 6.66. The maximum Gasteiger partial charge on any atom is 0.255 e. The molecule has 2 aromatic rings. The van der Waals surface area contributed by atoms with Gasteiger partial charge < -0.3 is 19.3 Å². The third-order valence-electron chi connectivity index (χ3n) is 9.43. The summed E-state index contributed by atoms with van der Waals surface area (Å²) in [5.74, 6) is -1.21. The molecule has 6 rings (SSSR count). The second kappa shape index (κ2) is 14.0. The van der Waals surface area contributed by atoms with E-state index in [0.29, 0.717) is 69.9 Å². The molecule has 0 radical (unpaired) electrons. The summed E-state index contributed by atoms with van der Waals surface area (Å²) >= 11 is 0. The van der Waals surface area contributed by atoms with Gasteiger partial charge in [0.2, 0.25) is 11.8 Å². The highest BCUT2D eigenvalue weighted by molar-refractivity contribution is 6.08. The van der Waals surface area contributed by atoms with Gasteiger partial charge in [-0.3, -0.25) is 34.1 Å². The van der Waals surface area contributed by atoms with Crippen LogP contribution >= 0.6 is 0 Å². The Morgan fingerprint density at radius 1 is 0.674 bits per heavy atom. The van der Waals surface area contributed by atoms with Gasteiger partial charge in [-0.05, 0) is 72.9 Å². The summed E-state index contributed by atoms with van der Waals surface area (Å²) in [6, 6.07) is 10.3. The molecule has 242 valence electrons. The molecule has 0 aromatic heterocycles. The topological polar surface area (TPSA) is 139 Å². The highest BCUT2D eigenvalue weighted by atomic mass is 16.5. The summed E-state index contributed by atoms with van der Waals surface area (Å²) in [7, 11) is 0. The minimum atomic E-state index is -0.621. The lowest BCUT2D eigenvalue weighted by atomic mass is 9.92. The van der Waals surface area contributed by atoms with Crippen LogP contribution in [0, 0.1) is 0 Å². The number of hydrogen-bond donors (Lipinski definition) is 1. The predicted octanol–water partition coefficient (Wildman–Crippen LogP) is 2.69. The minimum Gasteiger partial charge on any atom is -0.379 e. The Morgan fingerprint density at radius 2 is 1.22 bits per heavy atom. The van der Waals surface area contributed by atoms with E-state index in [4.69, 9.17) is 9.47 Å². The van der Waals surface area contributed by atoms with Gasteiger partial charge in [0.1, 0.15) is 11.8 Å². The first-order valence-electron chi connectivity index (χ1n) is 16.2. The Kier molecular flexibility index (Phi) is 9.70. The number of nitrogens with zero attached hydrogens (tertiary/aromatic N) is 2. The van der Waals surface area contributed by atoms with E-state index < -0.39 is 18.0 Å². The SMILES string of the molecule is O=C1CCC(N2Cc3c(CCCOCCOCCCc4cccc5c4CN(C4CCC(=O)NC4=O)C5=O)cccc3C2=O)C(=O)C1. The number of amides is 4. The molecule has 2 atom stereocenters. The van der Waals surface area contributed by atoms with E-state index >= 15 is 0 Å². The van der Waals surface area contributed by atoms with Crippen molar-refractivity contribution in [2.45, 2.75) is 83.0 Å². The van der Waals surface area contributed by atoms with Crippen molar-refractivity contribution in [3.63, 3.8) is 0 Å². The fourth-order valence-corrected chi connectivity index (χ4v) is 7.03. The minimum absolute atomic E-state index is 0.0492. The van der Waals surface area contributed by atoms with Crippen molar-refractivity contribution in [1.29, 1.82) is 0 Å². The molecule has 2 fully saturated rings. The van der Waals surface area contributed by atoms with Gasteiger partial charge in [0.15, 0.2) is 5.78 Å². The van der Waals surface area contributed by atoms with Crippen LogP contribution in [0.3, 0.4) is 0 Å². The Bertz CT molecular complexity index is 1450. The standard InChI is InChI=1S/C35H39N3O8/c39-24-11-12-29(31(40)19-24)37-20-27-22(5-1-9-25(27)34(37)43)7-3-15-45-17-18-46-16-4-8-23-6-2-10-26-28(23)21-38(35(26)44)30-13-14-32(41)36-33(30)42/h1-2,5-6,9-10,29-30H,3-4,7-8,11-21H2,(H,36,41,42). The molecule has 11 heteroatoms. The molecule has 1 N–H and O–H groups in total. The lowest BCUT2D eigenvalue weighted by Gasteiger charge is -2.29. The van der Waals surface area contributed by atoms with Crippen molar-refractivity contribution in [3.8, 4) is 0 Å². The number of rotatable bonds is 13. The Labute approximate surface area is 267 Å². The van der Waals surface area contributed by atoms with Crippen molar-refractivity contribution >= 4 is 35.2 Å². The zero-order chi connectivity index (χ0) is 32.2. The van der Waals surface area contributed by atoms with Crippen LogP contribution in [0.2, 0.25) is 0 Å². The third-order valence-corrected chi connectivity index (χ3v) is 9.43.